The molecule has 0 aliphatic carbocycles. The van der Waals surface area contributed by atoms with E-state index in [-0.39, 0.29) is 29.9 Å². The maximum atomic E-state index is 12.6. The molecule has 0 fully saturated rings. The molecule has 4 rings (SSSR count). The second kappa shape index (κ2) is 15.7. The quantitative estimate of drug-likeness (QED) is 0.0855. The number of hydrogen-bond donors (Lipinski definition) is 0. The molecule has 0 radical (unpaired) electrons. The summed E-state index contributed by atoms with van der Waals surface area (Å²) < 4.78 is 26.6. The zero-order valence-corrected chi connectivity index (χ0v) is 25.9. The van der Waals surface area contributed by atoms with Crippen LogP contribution in [0.4, 0.5) is 0 Å². The fourth-order valence-corrected chi connectivity index (χ4v) is 4.29. The number of carbonyl (C=O) groups excluding carboxylic acids is 4. The molecule has 0 amide bonds. The predicted molar refractivity (Wildman–Crippen MR) is 176 cm³/mol. The van der Waals surface area contributed by atoms with Crippen LogP contribution in [-0.4, -0.2) is 31.0 Å². The van der Waals surface area contributed by atoms with Crippen LogP contribution >= 0.6 is 0 Å². The zero-order valence-electron chi connectivity index (χ0n) is 25.9. The molecule has 47 heavy (non-hydrogen) atoms. The van der Waals surface area contributed by atoms with Crippen molar-refractivity contribution in [1.29, 1.82) is 0 Å². The molecule has 0 N–H and O–H groups in total. The molecule has 0 aliphatic heterocycles. The van der Waals surface area contributed by atoms with Gasteiger partial charge in [-0.15, -0.1) is 0 Å². The largest absolute Gasteiger partial charge is 0.493 e. The van der Waals surface area contributed by atoms with Gasteiger partial charge in [0.2, 0.25) is 0 Å². The normalized spacial score (nSPS) is 10.3. The van der Waals surface area contributed by atoms with Crippen molar-refractivity contribution in [2.45, 2.75) is 19.8 Å². The Hall–Kier alpha value is -6.22. The van der Waals surface area contributed by atoms with E-state index in [1.54, 1.807) is 37.3 Å². The average molecular weight is 633 g/mol. The first-order chi connectivity index (χ1) is 22.6. The Morgan fingerprint density at radius 1 is 0.617 bits per heavy atom. The van der Waals surface area contributed by atoms with Crippen molar-refractivity contribution in [3.05, 3.63) is 128 Å². The fourth-order valence-electron chi connectivity index (χ4n) is 4.29. The second-order valence-corrected chi connectivity index (χ2v) is 10.1. The van der Waals surface area contributed by atoms with E-state index in [2.05, 4.69) is 19.7 Å². The van der Waals surface area contributed by atoms with Crippen LogP contribution in [0.25, 0.3) is 22.3 Å². The van der Waals surface area contributed by atoms with E-state index in [9.17, 15) is 19.2 Å². The van der Waals surface area contributed by atoms with Gasteiger partial charge in [0.25, 0.3) is 0 Å². The van der Waals surface area contributed by atoms with Crippen molar-refractivity contribution in [3.63, 3.8) is 0 Å². The van der Waals surface area contributed by atoms with Crippen molar-refractivity contribution in [2.24, 2.45) is 0 Å². The molecule has 0 aromatic heterocycles. The summed E-state index contributed by atoms with van der Waals surface area (Å²) in [4.78, 5) is 47.9. The summed E-state index contributed by atoms with van der Waals surface area (Å²) in [5.74, 6) is -1.25. The second-order valence-electron chi connectivity index (χ2n) is 10.1. The van der Waals surface area contributed by atoms with Gasteiger partial charge in [-0.1, -0.05) is 68.3 Å². The highest BCUT2D eigenvalue weighted by atomic mass is 16.6. The van der Waals surface area contributed by atoms with Gasteiger partial charge in [0.05, 0.1) is 7.11 Å². The van der Waals surface area contributed by atoms with Crippen LogP contribution < -0.4 is 23.7 Å². The monoisotopic (exact) mass is 632 g/mol. The topological polar surface area (TPSA) is 114 Å². The number of hydrogen-bond acceptors (Lipinski definition) is 9. The third kappa shape index (κ3) is 9.15. The van der Waals surface area contributed by atoms with Gasteiger partial charge in [0.15, 0.2) is 23.0 Å². The molecule has 9 heteroatoms. The number of ether oxygens (including phenoxy) is 5. The first kappa shape index (κ1) is 33.7. The van der Waals surface area contributed by atoms with E-state index in [1.807, 2.05) is 42.5 Å². The van der Waals surface area contributed by atoms with Crippen LogP contribution in [0.15, 0.2) is 122 Å². The summed E-state index contributed by atoms with van der Waals surface area (Å²) in [7, 11) is 1.51. The molecule has 0 saturated carbocycles. The van der Waals surface area contributed by atoms with Crippen molar-refractivity contribution < 1.29 is 42.9 Å². The number of rotatable bonds is 13. The summed E-state index contributed by atoms with van der Waals surface area (Å²) in [6, 6.07) is 25.0. The van der Waals surface area contributed by atoms with E-state index < -0.39 is 23.9 Å². The first-order valence-electron chi connectivity index (χ1n) is 14.4. The summed E-state index contributed by atoms with van der Waals surface area (Å²) >= 11 is 0. The highest BCUT2D eigenvalue weighted by molar-refractivity contribution is 5.89. The molecular formula is C38H32O9. The van der Waals surface area contributed by atoms with Crippen molar-refractivity contribution in [1.82, 2.24) is 0 Å². The van der Waals surface area contributed by atoms with E-state index in [1.165, 1.54) is 19.2 Å². The number of aryl methyl sites for hydroxylation is 1. The van der Waals surface area contributed by atoms with Crippen LogP contribution in [0.5, 0.6) is 28.7 Å². The van der Waals surface area contributed by atoms with Gasteiger partial charge in [-0.05, 0) is 77.6 Å². The molecule has 0 saturated heterocycles. The zero-order chi connectivity index (χ0) is 33.9. The van der Waals surface area contributed by atoms with Crippen LogP contribution in [0.3, 0.4) is 0 Å². The number of carbonyl (C=O) groups is 4. The SMILES string of the molecule is C=CC(=O)Oc1ccc(CCC(=O)Oc2ccc(-c3ccc(-c4ccc(OC(=O)C(=C)C)c(OC)c4)cc3)cc2)cc1OC(=O)C=C. The lowest BCUT2D eigenvalue weighted by Crippen LogP contribution is -2.10. The maximum Gasteiger partial charge on any atom is 0.338 e. The van der Waals surface area contributed by atoms with Crippen molar-refractivity contribution in [3.8, 4) is 51.0 Å². The molecule has 0 aliphatic rings. The standard InChI is InChI=1S/C38H32O9/c1-6-35(39)45-32-19-8-25(22-34(32)46-36(40)7-2)9-21-37(41)44-30-17-14-27(15-18-30)26-10-12-28(13-11-26)29-16-20-31(33(23-29)43-5)47-38(42)24(3)4/h6-8,10-20,22-23H,1-3,9,21H2,4-5H3. The molecule has 238 valence electrons. The Kier molecular flexibility index (Phi) is 11.2. The van der Waals surface area contributed by atoms with Gasteiger partial charge < -0.3 is 23.7 Å². The summed E-state index contributed by atoms with van der Waals surface area (Å²) in [6.07, 6.45) is 2.30. The molecule has 4 aromatic carbocycles. The molecule has 0 spiro atoms. The van der Waals surface area contributed by atoms with E-state index >= 15 is 0 Å². The Morgan fingerprint density at radius 2 is 1.13 bits per heavy atom. The minimum Gasteiger partial charge on any atom is -0.493 e. The third-order valence-electron chi connectivity index (χ3n) is 6.73. The minimum atomic E-state index is -0.729. The van der Waals surface area contributed by atoms with E-state index in [4.69, 9.17) is 23.7 Å². The summed E-state index contributed by atoms with van der Waals surface area (Å²) in [5.41, 5.74) is 4.65. The van der Waals surface area contributed by atoms with Gasteiger partial charge in [0.1, 0.15) is 5.75 Å². The molecule has 0 atom stereocenters. The maximum absolute atomic E-state index is 12.6. The highest BCUT2D eigenvalue weighted by Crippen LogP contribution is 2.34. The Labute approximate surface area is 272 Å². The molecular weight excluding hydrogens is 600 g/mol. The van der Waals surface area contributed by atoms with E-state index in [0.29, 0.717) is 22.8 Å². The van der Waals surface area contributed by atoms with Crippen LogP contribution in [0.1, 0.15) is 18.9 Å². The van der Waals surface area contributed by atoms with Gasteiger partial charge in [0, 0.05) is 24.1 Å². The predicted octanol–water partition coefficient (Wildman–Crippen LogP) is 7.23. The molecule has 0 heterocycles. The number of methoxy groups -OCH3 is 1. The van der Waals surface area contributed by atoms with Crippen LogP contribution in [0.2, 0.25) is 0 Å². The number of benzene rings is 4. The highest BCUT2D eigenvalue weighted by Gasteiger charge is 2.15. The molecule has 9 nitrogen and oxygen atoms in total. The van der Waals surface area contributed by atoms with Crippen LogP contribution in [-0.2, 0) is 25.6 Å². The first-order valence-corrected chi connectivity index (χ1v) is 14.4. The Bertz CT molecular complexity index is 1830. The number of esters is 4. The van der Waals surface area contributed by atoms with Gasteiger partial charge >= 0.3 is 23.9 Å². The lowest BCUT2D eigenvalue weighted by molar-refractivity contribution is -0.134. The average Bonchev–Trinajstić information content (AvgIpc) is 3.08. The van der Waals surface area contributed by atoms with E-state index in [0.717, 1.165) is 34.4 Å². The Balaban J connectivity index is 1.37. The minimum absolute atomic E-state index is 0.0128. The lowest BCUT2D eigenvalue weighted by Gasteiger charge is -2.12. The third-order valence-corrected chi connectivity index (χ3v) is 6.73. The fraction of sp³-hybridized carbons (Fsp3) is 0.105. The van der Waals surface area contributed by atoms with Crippen molar-refractivity contribution >= 4 is 23.9 Å². The summed E-state index contributed by atoms with van der Waals surface area (Å²) in [5, 5.41) is 0. The molecule has 0 bridgehead atoms. The smallest absolute Gasteiger partial charge is 0.338 e. The van der Waals surface area contributed by atoms with Crippen LogP contribution in [0, 0.1) is 0 Å². The van der Waals surface area contributed by atoms with Crippen molar-refractivity contribution in [2.75, 3.05) is 7.11 Å². The summed E-state index contributed by atoms with van der Waals surface area (Å²) in [6.45, 7) is 11.9. The Morgan fingerprint density at radius 3 is 1.70 bits per heavy atom. The molecule has 0 unspecified atom stereocenters. The molecule has 4 aromatic rings. The van der Waals surface area contributed by atoms with Gasteiger partial charge in [-0.3, -0.25) is 4.79 Å². The van der Waals surface area contributed by atoms with Gasteiger partial charge in [-0.25, -0.2) is 14.4 Å². The lowest BCUT2D eigenvalue weighted by atomic mass is 10.00. The van der Waals surface area contributed by atoms with Gasteiger partial charge in [-0.2, -0.15) is 0 Å².